The number of rotatable bonds is 0. The van der Waals surface area contributed by atoms with Crippen molar-refractivity contribution in [1.29, 1.82) is 0 Å². The van der Waals surface area contributed by atoms with Gasteiger partial charge < -0.3 is 0 Å². The lowest BCUT2D eigenvalue weighted by molar-refractivity contribution is 0.715. The molecular formula is C8H12S2. The van der Waals surface area contributed by atoms with Crippen molar-refractivity contribution >= 4 is 23.5 Å². The fourth-order valence-corrected chi connectivity index (χ4v) is 4.33. The standard InChI is InChI=1S/C8H12S2/c1-2-4-7-8(5-3-1)10-6-9-7/h1-6H2. The second-order valence-electron chi connectivity index (χ2n) is 2.81. The quantitative estimate of drug-likeness (QED) is 0.547. The Morgan fingerprint density at radius 3 is 2.00 bits per heavy atom. The first kappa shape index (κ1) is 7.11. The number of thioether (sulfide) groups is 2. The van der Waals surface area contributed by atoms with Gasteiger partial charge in [0.15, 0.2) is 0 Å². The van der Waals surface area contributed by atoms with Crippen LogP contribution in [0.5, 0.6) is 0 Å². The molecular weight excluding hydrogens is 160 g/mol. The summed E-state index contributed by atoms with van der Waals surface area (Å²) < 4.78 is 0. The van der Waals surface area contributed by atoms with Crippen LogP contribution in [0, 0.1) is 0 Å². The van der Waals surface area contributed by atoms with Crippen molar-refractivity contribution in [3.05, 3.63) is 9.81 Å². The van der Waals surface area contributed by atoms with E-state index in [1.165, 1.54) is 37.2 Å². The van der Waals surface area contributed by atoms with Gasteiger partial charge in [0.05, 0.1) is 0 Å². The number of allylic oxidation sites excluding steroid dienone is 2. The van der Waals surface area contributed by atoms with E-state index in [1.807, 2.05) is 0 Å². The Morgan fingerprint density at radius 1 is 0.800 bits per heavy atom. The van der Waals surface area contributed by atoms with E-state index in [9.17, 15) is 0 Å². The minimum Gasteiger partial charge on any atom is -0.118 e. The molecule has 0 bridgehead atoms. The van der Waals surface area contributed by atoms with Crippen molar-refractivity contribution in [2.24, 2.45) is 0 Å². The first-order valence-electron chi connectivity index (χ1n) is 3.94. The fraction of sp³-hybridized carbons (Fsp3) is 0.750. The average Bonchev–Trinajstić information content (AvgIpc) is 2.28. The summed E-state index contributed by atoms with van der Waals surface area (Å²) in [5.74, 6) is 0. The van der Waals surface area contributed by atoms with Crippen LogP contribution in [0.2, 0.25) is 0 Å². The highest BCUT2D eigenvalue weighted by atomic mass is 32.2. The molecule has 2 rings (SSSR count). The normalized spacial score (nSPS) is 26.4. The third-order valence-corrected chi connectivity index (χ3v) is 4.75. The van der Waals surface area contributed by atoms with Crippen LogP contribution in [0.3, 0.4) is 0 Å². The van der Waals surface area contributed by atoms with E-state index in [0.717, 1.165) is 0 Å². The summed E-state index contributed by atoms with van der Waals surface area (Å²) >= 11 is 4.16. The minimum atomic E-state index is 1.30. The summed E-state index contributed by atoms with van der Waals surface area (Å²) in [6, 6.07) is 0. The van der Waals surface area contributed by atoms with Crippen LogP contribution in [-0.2, 0) is 0 Å². The molecule has 0 spiro atoms. The van der Waals surface area contributed by atoms with Gasteiger partial charge >= 0.3 is 0 Å². The molecule has 0 aromatic rings. The monoisotopic (exact) mass is 172 g/mol. The van der Waals surface area contributed by atoms with Crippen molar-refractivity contribution in [2.45, 2.75) is 32.1 Å². The zero-order valence-corrected chi connectivity index (χ0v) is 7.69. The molecule has 1 heterocycles. The molecule has 0 saturated carbocycles. The molecule has 1 aliphatic carbocycles. The third kappa shape index (κ3) is 1.37. The van der Waals surface area contributed by atoms with E-state index in [1.54, 1.807) is 9.81 Å². The van der Waals surface area contributed by atoms with Crippen molar-refractivity contribution in [2.75, 3.05) is 5.08 Å². The Bertz CT molecular complexity index is 145. The SMILES string of the molecule is C1CCC2=C(CC1)SCS2. The Kier molecular flexibility index (Phi) is 2.29. The van der Waals surface area contributed by atoms with Gasteiger partial charge in [-0.2, -0.15) is 0 Å². The van der Waals surface area contributed by atoms with Gasteiger partial charge in [-0.1, -0.05) is 6.42 Å². The maximum Gasteiger partial charge on any atom is 0.0480 e. The summed E-state index contributed by atoms with van der Waals surface area (Å²) in [4.78, 5) is 3.45. The Labute approximate surface area is 70.8 Å². The van der Waals surface area contributed by atoms with Crippen LogP contribution in [0.1, 0.15) is 32.1 Å². The maximum atomic E-state index is 2.08. The zero-order valence-electron chi connectivity index (χ0n) is 6.06. The van der Waals surface area contributed by atoms with Gasteiger partial charge in [-0.05, 0) is 35.5 Å². The number of hydrogen-bond acceptors (Lipinski definition) is 2. The van der Waals surface area contributed by atoms with Gasteiger partial charge in [0, 0.05) is 5.08 Å². The molecule has 2 aliphatic rings. The summed E-state index contributed by atoms with van der Waals surface area (Å²) in [6.07, 6.45) is 7.09. The molecule has 0 unspecified atom stereocenters. The number of hydrogen-bond donors (Lipinski definition) is 0. The maximum absolute atomic E-state index is 2.08. The molecule has 10 heavy (non-hydrogen) atoms. The molecule has 2 heteroatoms. The molecule has 0 aromatic carbocycles. The van der Waals surface area contributed by atoms with Crippen LogP contribution in [0.15, 0.2) is 9.81 Å². The average molecular weight is 172 g/mol. The van der Waals surface area contributed by atoms with Gasteiger partial charge in [-0.15, -0.1) is 23.5 Å². The summed E-state index contributed by atoms with van der Waals surface area (Å²) in [7, 11) is 0. The Hall–Kier alpha value is 0.440. The van der Waals surface area contributed by atoms with Crippen molar-refractivity contribution < 1.29 is 0 Å². The molecule has 0 atom stereocenters. The van der Waals surface area contributed by atoms with Crippen LogP contribution in [0.4, 0.5) is 0 Å². The van der Waals surface area contributed by atoms with Gasteiger partial charge in [-0.25, -0.2) is 0 Å². The van der Waals surface area contributed by atoms with Crippen LogP contribution in [-0.4, -0.2) is 5.08 Å². The molecule has 0 nitrogen and oxygen atoms in total. The summed E-state index contributed by atoms with van der Waals surface area (Å²) in [5, 5.41) is 1.30. The lowest BCUT2D eigenvalue weighted by Gasteiger charge is -1.96. The van der Waals surface area contributed by atoms with Gasteiger partial charge in [0.2, 0.25) is 0 Å². The van der Waals surface area contributed by atoms with E-state index < -0.39 is 0 Å². The van der Waals surface area contributed by atoms with Crippen LogP contribution in [0.25, 0.3) is 0 Å². The smallest absolute Gasteiger partial charge is 0.0480 e. The van der Waals surface area contributed by atoms with Gasteiger partial charge in [0.25, 0.3) is 0 Å². The first-order chi connectivity index (χ1) is 4.97. The van der Waals surface area contributed by atoms with Crippen molar-refractivity contribution in [1.82, 2.24) is 0 Å². The zero-order chi connectivity index (χ0) is 6.81. The Balaban J connectivity index is 2.10. The molecule has 56 valence electrons. The lowest BCUT2D eigenvalue weighted by Crippen LogP contribution is -1.72. The fourth-order valence-electron chi connectivity index (χ4n) is 1.50. The predicted molar refractivity (Wildman–Crippen MR) is 50.2 cm³/mol. The molecule has 0 N–H and O–H groups in total. The highest BCUT2D eigenvalue weighted by molar-refractivity contribution is 8.22. The molecule has 0 radical (unpaired) electrons. The van der Waals surface area contributed by atoms with Gasteiger partial charge in [0.1, 0.15) is 0 Å². The lowest BCUT2D eigenvalue weighted by atomic mass is 10.2. The van der Waals surface area contributed by atoms with E-state index in [4.69, 9.17) is 0 Å². The molecule has 0 saturated heterocycles. The van der Waals surface area contributed by atoms with E-state index in [2.05, 4.69) is 23.5 Å². The highest BCUT2D eigenvalue weighted by Gasteiger charge is 2.17. The first-order valence-corrected chi connectivity index (χ1v) is 5.91. The summed E-state index contributed by atoms with van der Waals surface area (Å²) in [6.45, 7) is 0. The van der Waals surface area contributed by atoms with E-state index >= 15 is 0 Å². The van der Waals surface area contributed by atoms with Gasteiger partial charge in [-0.3, -0.25) is 0 Å². The molecule has 1 aliphatic heterocycles. The van der Waals surface area contributed by atoms with E-state index in [-0.39, 0.29) is 0 Å². The minimum absolute atomic E-state index is 1.30. The van der Waals surface area contributed by atoms with E-state index in [0.29, 0.717) is 0 Å². The second-order valence-corrected chi connectivity index (χ2v) is 5.32. The highest BCUT2D eigenvalue weighted by Crippen LogP contribution is 2.45. The summed E-state index contributed by atoms with van der Waals surface area (Å²) in [5.41, 5.74) is 0. The second kappa shape index (κ2) is 3.22. The van der Waals surface area contributed by atoms with Crippen molar-refractivity contribution in [3.63, 3.8) is 0 Å². The largest absolute Gasteiger partial charge is 0.118 e. The molecule has 0 amide bonds. The van der Waals surface area contributed by atoms with Crippen molar-refractivity contribution in [3.8, 4) is 0 Å². The van der Waals surface area contributed by atoms with Crippen LogP contribution < -0.4 is 0 Å². The third-order valence-electron chi connectivity index (χ3n) is 2.08. The van der Waals surface area contributed by atoms with Crippen LogP contribution >= 0.6 is 23.5 Å². The predicted octanol–water partition coefficient (Wildman–Crippen LogP) is 3.60. The topological polar surface area (TPSA) is 0 Å². The Morgan fingerprint density at radius 2 is 1.40 bits per heavy atom. The molecule has 0 fully saturated rings. The molecule has 0 aromatic heterocycles.